The third-order valence-electron chi connectivity index (χ3n) is 5.36. The van der Waals surface area contributed by atoms with Gasteiger partial charge in [-0.1, -0.05) is 6.42 Å². The van der Waals surface area contributed by atoms with E-state index in [2.05, 4.69) is 10.2 Å². The van der Waals surface area contributed by atoms with Gasteiger partial charge in [0.15, 0.2) is 5.78 Å². The molecule has 3 unspecified atom stereocenters. The number of hydrogen-bond acceptors (Lipinski definition) is 5. The Hall–Kier alpha value is -1.08. The Bertz CT molecular complexity index is 498. The van der Waals surface area contributed by atoms with Crippen molar-refractivity contribution in [2.45, 2.75) is 63.2 Å². The van der Waals surface area contributed by atoms with Crippen molar-refractivity contribution >= 4 is 29.4 Å². The third kappa shape index (κ3) is 3.40. The first-order valence-corrected chi connectivity index (χ1v) is 9.51. The van der Waals surface area contributed by atoms with Gasteiger partial charge in [-0.3, -0.25) is 14.5 Å². The molecule has 7 heteroatoms. The topological polar surface area (TPSA) is 86.7 Å². The fourth-order valence-electron chi connectivity index (χ4n) is 4.46. The van der Waals surface area contributed by atoms with Crippen molar-refractivity contribution in [1.29, 1.82) is 0 Å². The predicted octanol–water partition coefficient (Wildman–Crippen LogP) is 0.893. The monoisotopic (exact) mass is 340 g/mol. The SMILES string of the molecule is CC(=O)N[C@@H](CSCC1C(=O)C2CC3CCCC(C2)N31)C(=O)O. The summed E-state index contributed by atoms with van der Waals surface area (Å²) in [6.45, 7) is 1.32. The molecule has 0 aromatic carbocycles. The molecule has 4 saturated heterocycles. The molecule has 0 aromatic heterocycles. The van der Waals surface area contributed by atoms with Gasteiger partial charge in [-0.25, -0.2) is 4.79 Å². The molecule has 4 heterocycles. The van der Waals surface area contributed by atoms with E-state index in [1.54, 1.807) is 0 Å². The van der Waals surface area contributed by atoms with Crippen LogP contribution >= 0.6 is 11.8 Å². The highest BCUT2D eigenvalue weighted by atomic mass is 32.2. The smallest absolute Gasteiger partial charge is 0.327 e. The van der Waals surface area contributed by atoms with Gasteiger partial charge in [0.1, 0.15) is 6.04 Å². The van der Waals surface area contributed by atoms with Crippen LogP contribution in [0.15, 0.2) is 0 Å². The summed E-state index contributed by atoms with van der Waals surface area (Å²) in [4.78, 5) is 37.2. The van der Waals surface area contributed by atoms with Crippen molar-refractivity contribution in [2.24, 2.45) is 5.92 Å². The number of amides is 1. The van der Waals surface area contributed by atoms with Crippen LogP contribution in [0, 0.1) is 5.92 Å². The van der Waals surface area contributed by atoms with Crippen molar-refractivity contribution in [3.8, 4) is 0 Å². The zero-order valence-corrected chi connectivity index (χ0v) is 14.2. The number of nitrogens with zero attached hydrogens (tertiary/aromatic N) is 1. The van der Waals surface area contributed by atoms with E-state index in [4.69, 9.17) is 5.11 Å². The highest BCUT2D eigenvalue weighted by Gasteiger charge is 2.51. The Morgan fingerprint density at radius 1 is 1.35 bits per heavy atom. The van der Waals surface area contributed by atoms with Crippen molar-refractivity contribution in [2.75, 3.05) is 11.5 Å². The van der Waals surface area contributed by atoms with Crippen LogP contribution in [-0.4, -0.2) is 63.3 Å². The molecule has 0 aromatic rings. The lowest BCUT2D eigenvalue weighted by Crippen LogP contribution is -2.66. The molecular weight excluding hydrogens is 316 g/mol. The van der Waals surface area contributed by atoms with E-state index in [0.717, 1.165) is 12.8 Å². The molecule has 6 nitrogen and oxygen atoms in total. The highest BCUT2D eigenvalue weighted by molar-refractivity contribution is 7.99. The van der Waals surface area contributed by atoms with Crippen LogP contribution in [0.25, 0.3) is 0 Å². The van der Waals surface area contributed by atoms with Crippen LogP contribution in [0.5, 0.6) is 0 Å². The second-order valence-corrected chi connectivity index (χ2v) is 7.98. The number of hydrogen-bond donors (Lipinski definition) is 2. The normalized spacial score (nSPS) is 36.6. The van der Waals surface area contributed by atoms with Gasteiger partial charge in [-0.2, -0.15) is 11.8 Å². The number of carbonyl (C=O) groups excluding carboxylic acids is 2. The first-order chi connectivity index (χ1) is 11.0. The van der Waals surface area contributed by atoms with Crippen molar-refractivity contribution in [3.05, 3.63) is 0 Å². The van der Waals surface area contributed by atoms with Crippen LogP contribution in [-0.2, 0) is 14.4 Å². The third-order valence-corrected chi connectivity index (χ3v) is 6.48. The summed E-state index contributed by atoms with van der Waals surface area (Å²) in [7, 11) is 0. The molecule has 0 aliphatic carbocycles. The van der Waals surface area contributed by atoms with Crippen molar-refractivity contribution in [3.63, 3.8) is 0 Å². The summed E-state index contributed by atoms with van der Waals surface area (Å²) in [6, 6.07) is 0.139. The Kier molecular flexibility index (Phi) is 4.96. The lowest BCUT2D eigenvalue weighted by molar-refractivity contribution is -0.148. The van der Waals surface area contributed by atoms with E-state index in [1.807, 2.05) is 0 Å². The van der Waals surface area contributed by atoms with E-state index in [-0.39, 0.29) is 17.9 Å². The van der Waals surface area contributed by atoms with Crippen LogP contribution in [0.2, 0.25) is 0 Å². The van der Waals surface area contributed by atoms with Crippen LogP contribution in [0.4, 0.5) is 0 Å². The molecule has 0 saturated carbocycles. The number of carboxylic acids is 1. The quantitative estimate of drug-likeness (QED) is 0.747. The van der Waals surface area contributed by atoms with E-state index < -0.39 is 12.0 Å². The fraction of sp³-hybridized carbons (Fsp3) is 0.812. The molecule has 23 heavy (non-hydrogen) atoms. The highest BCUT2D eigenvalue weighted by Crippen LogP contribution is 2.44. The van der Waals surface area contributed by atoms with Crippen molar-refractivity contribution in [1.82, 2.24) is 10.2 Å². The zero-order valence-electron chi connectivity index (χ0n) is 13.4. The van der Waals surface area contributed by atoms with Gasteiger partial charge in [0, 0.05) is 36.4 Å². The Morgan fingerprint density at radius 3 is 2.57 bits per heavy atom. The zero-order chi connectivity index (χ0) is 16.6. The number of fused-ring (bicyclic) bond motifs is 1. The van der Waals surface area contributed by atoms with Gasteiger partial charge in [-0.15, -0.1) is 0 Å². The molecule has 128 valence electrons. The van der Waals surface area contributed by atoms with Gasteiger partial charge in [0.2, 0.25) is 5.91 Å². The molecule has 1 amide bonds. The summed E-state index contributed by atoms with van der Waals surface area (Å²) in [5.74, 6) is 0.119. The number of nitrogens with one attached hydrogen (secondary N) is 1. The standard InChI is InChI=1S/C16H24N2O4S/c1-9(19)17-13(16(21)22)7-23-8-14-15(20)10-5-11-3-2-4-12(6-10)18(11)14/h10-14H,2-8H2,1H3,(H,17,19)(H,21,22)/t10?,11?,12?,13-,14?/m0/s1. The van der Waals surface area contributed by atoms with Crippen LogP contribution in [0.3, 0.4) is 0 Å². The molecular formula is C16H24N2O4S. The molecule has 2 N–H and O–H groups in total. The maximum atomic E-state index is 12.6. The Labute approximate surface area is 140 Å². The Balaban J connectivity index is 1.58. The molecule has 4 atom stereocenters. The maximum absolute atomic E-state index is 12.6. The maximum Gasteiger partial charge on any atom is 0.327 e. The van der Waals surface area contributed by atoms with Crippen molar-refractivity contribution < 1.29 is 19.5 Å². The second kappa shape index (κ2) is 6.81. The number of Topliss-reactive ketones (excluding diaryl/α,β-unsaturated/α-hetero) is 1. The van der Waals surface area contributed by atoms with E-state index in [1.165, 1.54) is 37.9 Å². The van der Waals surface area contributed by atoms with Crippen LogP contribution in [0.1, 0.15) is 39.0 Å². The number of aliphatic carboxylic acids is 1. The van der Waals surface area contributed by atoms with Gasteiger partial charge < -0.3 is 10.4 Å². The molecule has 4 fully saturated rings. The first-order valence-electron chi connectivity index (χ1n) is 8.36. The first kappa shape index (κ1) is 16.8. The van der Waals surface area contributed by atoms with E-state index in [9.17, 15) is 14.4 Å². The summed E-state index contributed by atoms with van der Waals surface area (Å²) in [6.07, 6.45) is 5.66. The second-order valence-electron chi connectivity index (χ2n) is 6.90. The largest absolute Gasteiger partial charge is 0.480 e. The van der Waals surface area contributed by atoms with Gasteiger partial charge in [-0.05, 0) is 25.7 Å². The minimum Gasteiger partial charge on any atom is -0.480 e. The number of carbonyl (C=O) groups is 3. The average Bonchev–Trinajstić information content (AvgIpc) is 2.47. The molecule has 0 radical (unpaired) electrons. The number of rotatable bonds is 6. The number of thioether (sulfide) groups is 1. The minimum atomic E-state index is -1.03. The molecule has 0 spiro atoms. The number of ketones is 1. The lowest BCUT2D eigenvalue weighted by atomic mass is 9.70. The molecule has 4 aliphatic heterocycles. The minimum absolute atomic E-state index is 0.0606. The van der Waals surface area contributed by atoms with Gasteiger partial charge >= 0.3 is 5.97 Å². The lowest BCUT2D eigenvalue weighted by Gasteiger charge is -2.56. The van der Waals surface area contributed by atoms with Gasteiger partial charge in [0.05, 0.1) is 6.04 Å². The van der Waals surface area contributed by atoms with Crippen LogP contribution < -0.4 is 5.32 Å². The van der Waals surface area contributed by atoms with Gasteiger partial charge in [0.25, 0.3) is 0 Å². The summed E-state index contributed by atoms with van der Waals surface area (Å²) < 4.78 is 0. The average molecular weight is 340 g/mol. The molecule has 4 aliphatic rings. The van der Waals surface area contributed by atoms with E-state index in [0.29, 0.717) is 29.4 Å². The fourth-order valence-corrected chi connectivity index (χ4v) is 5.62. The number of piperidine rings is 4. The number of carboxylic acid groups (broad SMARTS) is 1. The molecule has 4 bridgehead atoms. The summed E-state index contributed by atoms with van der Waals surface area (Å²) >= 11 is 1.46. The summed E-state index contributed by atoms with van der Waals surface area (Å²) in [5, 5.41) is 11.6. The summed E-state index contributed by atoms with van der Waals surface area (Å²) in [5.41, 5.74) is 0. The molecule has 4 rings (SSSR count). The predicted molar refractivity (Wildman–Crippen MR) is 87.4 cm³/mol. The Morgan fingerprint density at radius 2 is 2.00 bits per heavy atom. The van der Waals surface area contributed by atoms with E-state index >= 15 is 0 Å².